The fraction of sp³-hybridized carbons (Fsp3) is 1.00. The second-order valence-electron chi connectivity index (χ2n) is 3.75. The lowest BCUT2D eigenvalue weighted by Crippen LogP contribution is -2.38. The first-order valence-electron chi connectivity index (χ1n) is 5.04. The number of rotatable bonds is 7. The molecule has 2 N–H and O–H groups in total. The zero-order valence-corrected chi connectivity index (χ0v) is 9.42. The fourth-order valence-corrected chi connectivity index (χ4v) is 1.33. The van der Waals surface area contributed by atoms with Gasteiger partial charge in [0.2, 0.25) is 0 Å². The van der Waals surface area contributed by atoms with Gasteiger partial charge in [-0.1, -0.05) is 13.3 Å². The predicted octanol–water partition coefficient (Wildman–Crippen LogP) is 0.938. The lowest BCUT2D eigenvalue weighted by Gasteiger charge is -2.27. The Morgan fingerprint density at radius 2 is 2.08 bits per heavy atom. The van der Waals surface area contributed by atoms with Gasteiger partial charge in [-0.15, -0.1) is 0 Å². The van der Waals surface area contributed by atoms with E-state index >= 15 is 0 Å². The van der Waals surface area contributed by atoms with Crippen LogP contribution in [0.15, 0.2) is 0 Å². The fourth-order valence-electron chi connectivity index (χ4n) is 1.33. The van der Waals surface area contributed by atoms with Gasteiger partial charge in [0.05, 0.1) is 6.61 Å². The summed E-state index contributed by atoms with van der Waals surface area (Å²) in [7, 11) is 3.87. The van der Waals surface area contributed by atoms with Crippen LogP contribution in [-0.4, -0.2) is 44.8 Å². The Balaban J connectivity index is 3.75. The Morgan fingerprint density at radius 3 is 2.46 bits per heavy atom. The minimum absolute atomic E-state index is 0.477. The van der Waals surface area contributed by atoms with Crippen LogP contribution in [0.3, 0.4) is 0 Å². The second kappa shape index (κ2) is 7.30. The molecule has 13 heavy (non-hydrogen) atoms. The predicted molar refractivity (Wildman–Crippen MR) is 56.8 cm³/mol. The maximum absolute atomic E-state index is 5.65. The number of hydrogen-bond acceptors (Lipinski definition) is 3. The van der Waals surface area contributed by atoms with E-state index in [-0.39, 0.29) is 0 Å². The van der Waals surface area contributed by atoms with Crippen LogP contribution in [0.1, 0.15) is 20.3 Å². The number of nitrogens with zero attached hydrogens (tertiary/aromatic N) is 1. The normalized spacial score (nSPS) is 16.2. The molecule has 0 aliphatic rings. The van der Waals surface area contributed by atoms with Crippen molar-refractivity contribution >= 4 is 0 Å². The molecular weight excluding hydrogens is 164 g/mol. The van der Waals surface area contributed by atoms with Crippen LogP contribution in [0.4, 0.5) is 0 Å². The monoisotopic (exact) mass is 188 g/mol. The van der Waals surface area contributed by atoms with Crippen LogP contribution in [0.2, 0.25) is 0 Å². The van der Waals surface area contributed by atoms with Crippen molar-refractivity contribution in [1.29, 1.82) is 0 Å². The Kier molecular flexibility index (Phi) is 7.23. The highest BCUT2D eigenvalue weighted by molar-refractivity contribution is 4.67. The third kappa shape index (κ3) is 5.24. The minimum Gasteiger partial charge on any atom is -0.383 e. The molecule has 3 heteroatoms. The summed E-state index contributed by atoms with van der Waals surface area (Å²) in [6, 6.07) is 0.477. The smallest absolute Gasteiger partial charge is 0.0615 e. The summed E-state index contributed by atoms with van der Waals surface area (Å²) in [5, 5.41) is 0. The number of hydrogen-bond donors (Lipinski definition) is 1. The van der Waals surface area contributed by atoms with E-state index in [9.17, 15) is 0 Å². The summed E-state index contributed by atoms with van der Waals surface area (Å²) in [5.41, 5.74) is 5.65. The van der Waals surface area contributed by atoms with E-state index in [1.54, 1.807) is 7.11 Å². The summed E-state index contributed by atoms with van der Waals surface area (Å²) in [6.45, 7) is 6.99. The molecule has 0 aliphatic carbocycles. The average molecular weight is 188 g/mol. The standard InChI is InChI=1S/C10H24N2O/c1-5-10(6-11)7-12(3)9(2)8-13-4/h9-10H,5-8,11H2,1-4H3. The topological polar surface area (TPSA) is 38.5 Å². The van der Waals surface area contributed by atoms with Gasteiger partial charge in [-0.05, 0) is 26.4 Å². The van der Waals surface area contributed by atoms with Crippen LogP contribution in [-0.2, 0) is 4.74 Å². The zero-order valence-electron chi connectivity index (χ0n) is 9.42. The summed E-state index contributed by atoms with van der Waals surface area (Å²) < 4.78 is 5.10. The first-order valence-corrected chi connectivity index (χ1v) is 5.04. The minimum atomic E-state index is 0.477. The highest BCUT2D eigenvalue weighted by Crippen LogP contribution is 2.05. The van der Waals surface area contributed by atoms with Gasteiger partial charge in [0.15, 0.2) is 0 Å². The first kappa shape index (κ1) is 12.9. The molecule has 0 amide bonds. The molecule has 0 radical (unpaired) electrons. The van der Waals surface area contributed by atoms with Crippen molar-refractivity contribution in [2.24, 2.45) is 11.7 Å². The summed E-state index contributed by atoms with van der Waals surface area (Å²) >= 11 is 0. The molecule has 0 aromatic rings. The number of nitrogens with two attached hydrogens (primary N) is 1. The van der Waals surface area contributed by atoms with E-state index in [2.05, 4.69) is 25.8 Å². The molecule has 3 nitrogen and oxygen atoms in total. The number of likely N-dealkylation sites (N-methyl/N-ethyl adjacent to an activating group) is 1. The lowest BCUT2D eigenvalue weighted by atomic mass is 10.1. The van der Waals surface area contributed by atoms with Crippen molar-refractivity contribution in [3.05, 3.63) is 0 Å². The van der Waals surface area contributed by atoms with E-state index in [1.807, 2.05) is 0 Å². The van der Waals surface area contributed by atoms with Gasteiger partial charge in [0.1, 0.15) is 0 Å². The SMILES string of the molecule is CCC(CN)CN(C)C(C)COC. The Morgan fingerprint density at radius 1 is 1.46 bits per heavy atom. The molecule has 0 bridgehead atoms. The van der Waals surface area contributed by atoms with E-state index < -0.39 is 0 Å². The third-order valence-electron chi connectivity index (χ3n) is 2.62. The molecule has 2 atom stereocenters. The van der Waals surface area contributed by atoms with Gasteiger partial charge in [-0.3, -0.25) is 0 Å². The number of ether oxygens (including phenoxy) is 1. The molecule has 0 rings (SSSR count). The van der Waals surface area contributed by atoms with Crippen molar-refractivity contribution in [2.45, 2.75) is 26.3 Å². The Bertz CT molecular complexity index is 115. The molecular formula is C10H24N2O. The largest absolute Gasteiger partial charge is 0.383 e. The molecule has 0 fully saturated rings. The maximum Gasteiger partial charge on any atom is 0.0615 e. The third-order valence-corrected chi connectivity index (χ3v) is 2.62. The van der Waals surface area contributed by atoms with Gasteiger partial charge < -0.3 is 15.4 Å². The van der Waals surface area contributed by atoms with Gasteiger partial charge in [0, 0.05) is 19.7 Å². The van der Waals surface area contributed by atoms with E-state index in [0.29, 0.717) is 12.0 Å². The van der Waals surface area contributed by atoms with Crippen molar-refractivity contribution in [3.63, 3.8) is 0 Å². The lowest BCUT2D eigenvalue weighted by molar-refractivity contribution is 0.106. The van der Waals surface area contributed by atoms with E-state index in [0.717, 1.165) is 26.1 Å². The van der Waals surface area contributed by atoms with E-state index in [1.165, 1.54) is 0 Å². The van der Waals surface area contributed by atoms with Gasteiger partial charge in [0.25, 0.3) is 0 Å². The highest BCUT2D eigenvalue weighted by Gasteiger charge is 2.12. The van der Waals surface area contributed by atoms with Crippen LogP contribution in [0, 0.1) is 5.92 Å². The van der Waals surface area contributed by atoms with Crippen LogP contribution in [0.25, 0.3) is 0 Å². The van der Waals surface area contributed by atoms with Crippen LogP contribution in [0.5, 0.6) is 0 Å². The van der Waals surface area contributed by atoms with Crippen molar-refractivity contribution < 1.29 is 4.74 Å². The average Bonchev–Trinajstić information content (AvgIpc) is 2.14. The highest BCUT2D eigenvalue weighted by atomic mass is 16.5. The van der Waals surface area contributed by atoms with Gasteiger partial charge in [-0.2, -0.15) is 0 Å². The van der Waals surface area contributed by atoms with Crippen molar-refractivity contribution in [2.75, 3.05) is 33.9 Å². The summed E-state index contributed by atoms with van der Waals surface area (Å²) in [5.74, 6) is 0.615. The van der Waals surface area contributed by atoms with Gasteiger partial charge >= 0.3 is 0 Å². The second-order valence-corrected chi connectivity index (χ2v) is 3.75. The quantitative estimate of drug-likeness (QED) is 0.646. The van der Waals surface area contributed by atoms with Crippen molar-refractivity contribution in [3.8, 4) is 0 Å². The molecule has 0 aliphatic heterocycles. The zero-order chi connectivity index (χ0) is 10.3. The maximum atomic E-state index is 5.65. The molecule has 0 aromatic heterocycles. The molecule has 0 aromatic carbocycles. The first-order chi connectivity index (χ1) is 6.15. The molecule has 0 spiro atoms. The van der Waals surface area contributed by atoms with Crippen LogP contribution >= 0.6 is 0 Å². The molecule has 0 heterocycles. The molecule has 0 saturated heterocycles. The Labute approximate surface area is 82.2 Å². The summed E-state index contributed by atoms with van der Waals surface area (Å²) in [4.78, 5) is 2.31. The molecule has 0 saturated carbocycles. The molecule has 80 valence electrons. The van der Waals surface area contributed by atoms with Gasteiger partial charge in [-0.25, -0.2) is 0 Å². The van der Waals surface area contributed by atoms with E-state index in [4.69, 9.17) is 10.5 Å². The number of methoxy groups -OCH3 is 1. The Hall–Kier alpha value is -0.120. The van der Waals surface area contributed by atoms with Crippen LogP contribution < -0.4 is 5.73 Å². The van der Waals surface area contributed by atoms with Crippen molar-refractivity contribution in [1.82, 2.24) is 4.90 Å². The summed E-state index contributed by atoms with van der Waals surface area (Å²) in [6.07, 6.45) is 1.15. The molecule has 2 unspecified atom stereocenters.